The summed E-state index contributed by atoms with van der Waals surface area (Å²) >= 11 is 3.52. The Morgan fingerprint density at radius 3 is 2.54 bits per heavy atom. The van der Waals surface area contributed by atoms with Gasteiger partial charge in [-0.1, -0.05) is 34.1 Å². The zero-order valence-corrected chi connectivity index (χ0v) is 18.1. The third-order valence-corrected chi connectivity index (χ3v) is 4.73. The lowest BCUT2D eigenvalue weighted by Gasteiger charge is -2.36. The van der Waals surface area contributed by atoms with Crippen molar-refractivity contribution in [2.24, 2.45) is 4.99 Å². The average molecular weight is 508 g/mol. The van der Waals surface area contributed by atoms with Gasteiger partial charge in [-0.15, -0.1) is 30.6 Å². The zero-order valence-electron chi connectivity index (χ0n) is 14.2. The molecule has 1 aliphatic heterocycles. The Morgan fingerprint density at radius 1 is 1.29 bits per heavy atom. The Kier molecular flexibility index (Phi) is 9.92. The Bertz CT molecular complexity index is 528. The van der Waals surface area contributed by atoms with E-state index in [0.29, 0.717) is 6.54 Å². The van der Waals surface area contributed by atoms with Crippen LogP contribution >= 0.6 is 39.9 Å². The molecule has 0 bridgehead atoms. The molecular formula is C18H27BrIN3O. The Morgan fingerprint density at radius 2 is 1.96 bits per heavy atom. The number of hydrogen-bond donors (Lipinski definition) is 2. The van der Waals surface area contributed by atoms with Crippen LogP contribution in [0.2, 0.25) is 0 Å². The van der Waals surface area contributed by atoms with Gasteiger partial charge in [0.1, 0.15) is 0 Å². The van der Waals surface area contributed by atoms with E-state index < -0.39 is 0 Å². The Balaban J connectivity index is 0.00000288. The summed E-state index contributed by atoms with van der Waals surface area (Å²) in [6.07, 6.45) is 3.84. The molecule has 24 heavy (non-hydrogen) atoms. The molecule has 0 spiro atoms. The van der Waals surface area contributed by atoms with Crippen LogP contribution in [0.15, 0.2) is 46.4 Å². The van der Waals surface area contributed by atoms with E-state index in [-0.39, 0.29) is 29.4 Å². The van der Waals surface area contributed by atoms with Gasteiger partial charge in [-0.05, 0) is 37.5 Å². The number of aliphatic imine (C=N–C) groups is 1. The molecule has 1 aliphatic rings. The largest absolute Gasteiger partial charge is 0.381 e. The highest BCUT2D eigenvalue weighted by molar-refractivity contribution is 14.0. The first-order valence-electron chi connectivity index (χ1n) is 8.17. The highest BCUT2D eigenvalue weighted by atomic mass is 127. The molecular weight excluding hydrogens is 481 g/mol. The van der Waals surface area contributed by atoms with E-state index in [2.05, 4.69) is 64.3 Å². The minimum atomic E-state index is 0. The van der Waals surface area contributed by atoms with Crippen molar-refractivity contribution in [2.75, 3.05) is 32.8 Å². The highest BCUT2D eigenvalue weighted by Gasteiger charge is 2.34. The van der Waals surface area contributed by atoms with Crippen molar-refractivity contribution in [1.29, 1.82) is 0 Å². The van der Waals surface area contributed by atoms with Gasteiger partial charge in [0.05, 0.1) is 6.54 Å². The molecule has 6 heteroatoms. The van der Waals surface area contributed by atoms with Gasteiger partial charge in [-0.3, -0.25) is 4.99 Å². The summed E-state index contributed by atoms with van der Waals surface area (Å²) in [6, 6.07) is 8.62. The quantitative estimate of drug-likeness (QED) is 0.266. The lowest BCUT2D eigenvalue weighted by molar-refractivity contribution is 0.0531. The van der Waals surface area contributed by atoms with Crippen molar-refractivity contribution in [3.05, 3.63) is 47.0 Å². The van der Waals surface area contributed by atoms with Crippen molar-refractivity contribution in [3.8, 4) is 0 Å². The summed E-state index contributed by atoms with van der Waals surface area (Å²) in [7, 11) is 0. The lowest BCUT2D eigenvalue weighted by Crippen LogP contribution is -2.41. The second-order valence-corrected chi connectivity index (χ2v) is 6.68. The Labute approximate surface area is 170 Å². The molecule has 2 rings (SSSR count). The van der Waals surface area contributed by atoms with Crippen molar-refractivity contribution < 1.29 is 4.74 Å². The van der Waals surface area contributed by atoms with Gasteiger partial charge in [-0.25, -0.2) is 0 Å². The summed E-state index contributed by atoms with van der Waals surface area (Å²) in [5.74, 6) is 0.843. The molecule has 1 heterocycles. The van der Waals surface area contributed by atoms with Crippen LogP contribution in [0.5, 0.6) is 0 Å². The van der Waals surface area contributed by atoms with Crippen LogP contribution in [0.1, 0.15) is 25.3 Å². The monoisotopic (exact) mass is 507 g/mol. The van der Waals surface area contributed by atoms with Gasteiger partial charge < -0.3 is 15.4 Å². The predicted molar refractivity (Wildman–Crippen MR) is 115 cm³/mol. The van der Waals surface area contributed by atoms with Crippen LogP contribution in [0.4, 0.5) is 0 Å². The molecule has 1 fully saturated rings. The molecule has 0 saturated carbocycles. The van der Waals surface area contributed by atoms with Crippen molar-refractivity contribution in [3.63, 3.8) is 0 Å². The van der Waals surface area contributed by atoms with Gasteiger partial charge in [0.25, 0.3) is 0 Å². The fraction of sp³-hybridized carbons (Fsp3) is 0.500. The fourth-order valence-corrected chi connectivity index (χ4v) is 3.11. The third-order valence-electron chi connectivity index (χ3n) is 4.20. The van der Waals surface area contributed by atoms with E-state index in [1.807, 2.05) is 6.08 Å². The third kappa shape index (κ3) is 6.04. The maximum Gasteiger partial charge on any atom is 0.191 e. The van der Waals surface area contributed by atoms with E-state index in [1.165, 1.54) is 5.56 Å². The molecule has 0 amide bonds. The topological polar surface area (TPSA) is 45.7 Å². The van der Waals surface area contributed by atoms with Crippen LogP contribution in [0, 0.1) is 0 Å². The average Bonchev–Trinajstić information content (AvgIpc) is 2.59. The normalized spacial score (nSPS) is 16.8. The van der Waals surface area contributed by atoms with Crippen LogP contribution in [0.25, 0.3) is 0 Å². The molecule has 1 saturated heterocycles. The molecule has 0 radical (unpaired) electrons. The van der Waals surface area contributed by atoms with Crippen LogP contribution in [-0.4, -0.2) is 38.8 Å². The summed E-state index contributed by atoms with van der Waals surface area (Å²) in [5, 5.41) is 6.56. The van der Waals surface area contributed by atoms with Crippen molar-refractivity contribution in [1.82, 2.24) is 10.6 Å². The van der Waals surface area contributed by atoms with Crippen molar-refractivity contribution in [2.45, 2.75) is 25.2 Å². The minimum absolute atomic E-state index is 0. The summed E-state index contributed by atoms with van der Waals surface area (Å²) in [6.45, 7) is 9.71. The van der Waals surface area contributed by atoms with Gasteiger partial charge >= 0.3 is 0 Å². The number of guanidine groups is 1. The van der Waals surface area contributed by atoms with E-state index in [0.717, 1.165) is 49.6 Å². The van der Waals surface area contributed by atoms with Gasteiger partial charge in [-0.2, -0.15) is 0 Å². The molecule has 134 valence electrons. The molecule has 1 aromatic rings. The van der Waals surface area contributed by atoms with E-state index in [4.69, 9.17) is 9.73 Å². The molecule has 1 aromatic carbocycles. The summed E-state index contributed by atoms with van der Waals surface area (Å²) in [4.78, 5) is 4.83. The van der Waals surface area contributed by atoms with Gasteiger partial charge in [0.2, 0.25) is 0 Å². The van der Waals surface area contributed by atoms with Crippen LogP contribution in [0.3, 0.4) is 0 Å². The molecule has 0 atom stereocenters. The lowest BCUT2D eigenvalue weighted by atomic mass is 9.74. The number of benzene rings is 1. The van der Waals surface area contributed by atoms with Crippen molar-refractivity contribution >= 4 is 45.9 Å². The zero-order chi connectivity index (χ0) is 16.5. The number of nitrogens with one attached hydrogen (secondary N) is 2. The number of halogens is 2. The van der Waals surface area contributed by atoms with E-state index in [1.54, 1.807) is 0 Å². The molecule has 4 nitrogen and oxygen atoms in total. The second kappa shape index (κ2) is 11.1. The summed E-state index contributed by atoms with van der Waals surface area (Å²) < 4.78 is 6.69. The summed E-state index contributed by atoms with van der Waals surface area (Å²) in [5.41, 5.74) is 1.39. The first-order chi connectivity index (χ1) is 11.2. The molecule has 0 aromatic heterocycles. The molecule has 0 unspecified atom stereocenters. The van der Waals surface area contributed by atoms with Gasteiger partial charge in [0.15, 0.2) is 5.96 Å². The first kappa shape index (κ1) is 21.4. The molecule has 0 aliphatic carbocycles. The number of nitrogens with zero attached hydrogens (tertiary/aromatic N) is 1. The predicted octanol–water partition coefficient (Wildman–Crippen LogP) is 3.86. The highest BCUT2D eigenvalue weighted by Crippen LogP contribution is 2.35. The fourth-order valence-electron chi connectivity index (χ4n) is 2.84. The maximum absolute atomic E-state index is 5.59. The number of rotatable bonds is 6. The molecule has 2 N–H and O–H groups in total. The maximum atomic E-state index is 5.59. The number of ether oxygens (including phenoxy) is 1. The Hall–Kier alpha value is -0.600. The second-order valence-electron chi connectivity index (χ2n) is 5.76. The first-order valence-corrected chi connectivity index (χ1v) is 8.96. The SMILES string of the molecule is C=CCNC(=NCC1(c2ccc(Br)cc2)CCOCC1)NCC.I. The number of hydrogen-bond acceptors (Lipinski definition) is 2. The van der Waals surface area contributed by atoms with E-state index >= 15 is 0 Å². The van der Waals surface area contributed by atoms with E-state index in [9.17, 15) is 0 Å². The van der Waals surface area contributed by atoms with Crippen LogP contribution < -0.4 is 10.6 Å². The minimum Gasteiger partial charge on any atom is -0.381 e. The van der Waals surface area contributed by atoms with Gasteiger partial charge in [0, 0.05) is 36.2 Å². The smallest absolute Gasteiger partial charge is 0.191 e. The standard InChI is InChI=1S/C18H26BrN3O.HI/c1-3-11-21-17(20-4-2)22-14-18(9-12-23-13-10-18)15-5-7-16(19)8-6-15;/h3,5-8H,1,4,9-14H2,2H3,(H2,20,21,22);1H. The van der Waals surface area contributed by atoms with Crippen LogP contribution in [-0.2, 0) is 10.2 Å².